The third-order valence-electron chi connectivity index (χ3n) is 4.14. The van der Waals surface area contributed by atoms with Gasteiger partial charge in [-0.25, -0.2) is 0 Å². The van der Waals surface area contributed by atoms with E-state index in [-0.39, 0.29) is 18.9 Å². The second-order valence-corrected chi connectivity index (χ2v) is 5.32. The van der Waals surface area contributed by atoms with Gasteiger partial charge in [0.1, 0.15) is 5.78 Å². The van der Waals surface area contributed by atoms with Crippen LogP contribution in [0.4, 0.5) is 13.2 Å². The fourth-order valence-corrected chi connectivity index (χ4v) is 3.12. The Morgan fingerprint density at radius 1 is 1.15 bits per heavy atom. The van der Waals surface area contributed by atoms with Gasteiger partial charge in [-0.1, -0.05) is 24.3 Å². The number of rotatable bonds is 0. The Balaban J connectivity index is 1.89. The van der Waals surface area contributed by atoms with Crippen molar-refractivity contribution in [3.63, 3.8) is 0 Å². The number of aryl methyl sites for hydroxylation is 1. The topological polar surface area (TPSA) is 37.4 Å². The van der Waals surface area contributed by atoms with Crippen molar-refractivity contribution in [2.75, 3.05) is 13.1 Å². The van der Waals surface area contributed by atoms with Crippen molar-refractivity contribution in [1.82, 2.24) is 4.90 Å². The van der Waals surface area contributed by atoms with Crippen molar-refractivity contribution in [3.8, 4) is 0 Å². The van der Waals surface area contributed by atoms with Gasteiger partial charge < -0.3 is 4.90 Å². The van der Waals surface area contributed by atoms with Crippen LogP contribution in [0.3, 0.4) is 0 Å². The van der Waals surface area contributed by atoms with Gasteiger partial charge in [-0.2, -0.15) is 13.2 Å². The minimum atomic E-state index is -4.88. The number of Topliss-reactive ketones (excluding diaryl/α,β-unsaturated/α-hetero) is 1. The summed E-state index contributed by atoms with van der Waals surface area (Å²) in [5.41, 5.74) is 0.851. The first-order valence-corrected chi connectivity index (χ1v) is 6.32. The summed E-state index contributed by atoms with van der Waals surface area (Å²) in [5, 5.41) is 0. The number of amides is 1. The molecule has 3 rings (SSSR count). The van der Waals surface area contributed by atoms with E-state index in [0.717, 1.165) is 11.1 Å². The predicted molar refractivity (Wildman–Crippen MR) is 64.1 cm³/mol. The van der Waals surface area contributed by atoms with Gasteiger partial charge in [0.15, 0.2) is 0 Å². The molecule has 0 saturated carbocycles. The molecule has 6 heteroatoms. The maximum atomic E-state index is 12.4. The largest absolute Gasteiger partial charge is 0.471 e. The molecule has 3 nitrogen and oxygen atoms in total. The van der Waals surface area contributed by atoms with Crippen LogP contribution in [0, 0.1) is 0 Å². The minimum absolute atomic E-state index is 0.0672. The van der Waals surface area contributed by atoms with Gasteiger partial charge >= 0.3 is 12.1 Å². The molecule has 1 amide bonds. The second kappa shape index (κ2) is 4.07. The number of nitrogens with zero attached hydrogens (tertiary/aromatic N) is 1. The van der Waals surface area contributed by atoms with Crippen LogP contribution in [0.25, 0.3) is 0 Å². The molecule has 1 saturated heterocycles. The van der Waals surface area contributed by atoms with Crippen LogP contribution in [-0.2, 0) is 21.4 Å². The highest BCUT2D eigenvalue weighted by atomic mass is 19.4. The van der Waals surface area contributed by atoms with E-state index in [0.29, 0.717) is 17.7 Å². The number of carbonyl (C=O) groups excluding carboxylic acids is 2. The molecule has 1 aliphatic heterocycles. The highest BCUT2D eigenvalue weighted by Crippen LogP contribution is 2.43. The van der Waals surface area contributed by atoms with Gasteiger partial charge in [0, 0.05) is 19.5 Å². The van der Waals surface area contributed by atoms with E-state index >= 15 is 0 Å². The summed E-state index contributed by atoms with van der Waals surface area (Å²) in [5.74, 6) is -1.93. The van der Waals surface area contributed by atoms with E-state index in [1.54, 1.807) is 12.1 Å². The average Bonchev–Trinajstić information content (AvgIpc) is 2.35. The van der Waals surface area contributed by atoms with Gasteiger partial charge in [0.25, 0.3) is 0 Å². The highest BCUT2D eigenvalue weighted by molar-refractivity contribution is 5.96. The van der Waals surface area contributed by atoms with Crippen LogP contribution in [0.15, 0.2) is 24.3 Å². The molecule has 0 aromatic heterocycles. The Hall–Kier alpha value is -1.85. The standard InChI is InChI=1S/C14H12F3NO2/c15-14(16,17)12(20)18-7-13(8-18)10-4-2-1-3-9(10)5-6-11(13)19/h1-4H,5-8H2. The molecule has 1 spiro atoms. The zero-order chi connectivity index (χ0) is 14.5. The van der Waals surface area contributed by atoms with Crippen LogP contribution < -0.4 is 0 Å². The van der Waals surface area contributed by atoms with Crippen molar-refractivity contribution in [1.29, 1.82) is 0 Å². The number of carbonyl (C=O) groups is 2. The van der Waals surface area contributed by atoms with Gasteiger partial charge in [-0.05, 0) is 17.5 Å². The van der Waals surface area contributed by atoms with Crippen molar-refractivity contribution in [2.24, 2.45) is 0 Å². The lowest BCUT2D eigenvalue weighted by Gasteiger charge is -2.51. The molecular weight excluding hydrogens is 271 g/mol. The van der Waals surface area contributed by atoms with Crippen LogP contribution in [-0.4, -0.2) is 35.9 Å². The Labute approximate surface area is 113 Å². The SMILES string of the molecule is O=C(N1CC2(C1)C(=O)CCc1ccccc12)C(F)(F)F. The fourth-order valence-electron chi connectivity index (χ4n) is 3.12. The minimum Gasteiger partial charge on any atom is -0.332 e. The Kier molecular flexibility index (Phi) is 2.68. The summed E-state index contributed by atoms with van der Waals surface area (Å²) >= 11 is 0. The van der Waals surface area contributed by atoms with Crippen molar-refractivity contribution in [3.05, 3.63) is 35.4 Å². The first-order valence-electron chi connectivity index (χ1n) is 6.32. The second-order valence-electron chi connectivity index (χ2n) is 5.32. The number of benzene rings is 1. The monoisotopic (exact) mass is 283 g/mol. The van der Waals surface area contributed by atoms with E-state index in [2.05, 4.69) is 0 Å². The summed E-state index contributed by atoms with van der Waals surface area (Å²) in [6.07, 6.45) is -3.94. The first-order chi connectivity index (χ1) is 9.34. The summed E-state index contributed by atoms with van der Waals surface area (Å²) in [7, 11) is 0. The lowest BCUT2D eigenvalue weighted by molar-refractivity contribution is -0.193. The van der Waals surface area contributed by atoms with Crippen molar-refractivity contribution < 1.29 is 22.8 Å². The van der Waals surface area contributed by atoms with Gasteiger partial charge in [0.05, 0.1) is 5.41 Å². The van der Waals surface area contributed by atoms with Crippen LogP contribution >= 0.6 is 0 Å². The predicted octanol–water partition coefficient (Wildman–Crippen LogP) is 1.84. The molecule has 1 fully saturated rings. The maximum Gasteiger partial charge on any atom is 0.471 e. The maximum absolute atomic E-state index is 12.4. The first kappa shape index (κ1) is 13.1. The van der Waals surface area contributed by atoms with E-state index in [1.165, 1.54) is 0 Å². The van der Waals surface area contributed by atoms with E-state index in [9.17, 15) is 22.8 Å². The quantitative estimate of drug-likeness (QED) is 0.728. The van der Waals surface area contributed by atoms with Gasteiger partial charge in [-0.3, -0.25) is 9.59 Å². The average molecular weight is 283 g/mol. The molecule has 1 heterocycles. The molecule has 0 bridgehead atoms. The lowest BCUT2D eigenvalue weighted by atomic mass is 9.64. The Bertz CT molecular complexity index is 588. The molecule has 1 aliphatic carbocycles. The molecule has 0 radical (unpaired) electrons. The molecule has 2 aliphatic rings. The summed E-state index contributed by atoms with van der Waals surface area (Å²) in [4.78, 5) is 24.0. The summed E-state index contributed by atoms with van der Waals surface area (Å²) in [6, 6.07) is 7.28. The molecule has 20 heavy (non-hydrogen) atoms. The summed E-state index contributed by atoms with van der Waals surface area (Å²) < 4.78 is 37.2. The lowest BCUT2D eigenvalue weighted by Crippen LogP contribution is -2.67. The number of halogens is 3. The van der Waals surface area contributed by atoms with Crippen molar-refractivity contribution >= 4 is 11.7 Å². The third-order valence-corrected chi connectivity index (χ3v) is 4.14. The van der Waals surface area contributed by atoms with Crippen LogP contribution in [0.2, 0.25) is 0 Å². The molecule has 1 aromatic carbocycles. The fraction of sp³-hybridized carbons (Fsp3) is 0.429. The molecular formula is C14H12F3NO2. The molecule has 1 aromatic rings. The zero-order valence-electron chi connectivity index (χ0n) is 10.5. The molecule has 0 N–H and O–H groups in total. The molecule has 0 atom stereocenters. The van der Waals surface area contributed by atoms with Gasteiger partial charge in [0.2, 0.25) is 0 Å². The molecule has 0 unspecified atom stereocenters. The number of hydrogen-bond acceptors (Lipinski definition) is 2. The summed E-state index contributed by atoms with van der Waals surface area (Å²) in [6.45, 7) is -0.331. The number of hydrogen-bond donors (Lipinski definition) is 0. The third kappa shape index (κ3) is 1.74. The van der Waals surface area contributed by atoms with Crippen LogP contribution in [0.1, 0.15) is 17.5 Å². The number of alkyl halides is 3. The highest BCUT2D eigenvalue weighted by Gasteiger charge is 2.57. The van der Waals surface area contributed by atoms with E-state index < -0.39 is 17.5 Å². The normalized spacial score (nSPS) is 20.6. The number of fused-ring (bicyclic) bond motifs is 2. The smallest absolute Gasteiger partial charge is 0.332 e. The Morgan fingerprint density at radius 3 is 2.45 bits per heavy atom. The number of ketones is 1. The zero-order valence-corrected chi connectivity index (χ0v) is 10.5. The number of likely N-dealkylation sites (tertiary alicyclic amines) is 1. The van der Waals surface area contributed by atoms with Crippen molar-refractivity contribution in [2.45, 2.75) is 24.4 Å². The van der Waals surface area contributed by atoms with E-state index in [1.807, 2.05) is 12.1 Å². The van der Waals surface area contributed by atoms with Gasteiger partial charge in [-0.15, -0.1) is 0 Å². The molecule has 106 valence electrons. The Morgan fingerprint density at radius 2 is 1.80 bits per heavy atom. The van der Waals surface area contributed by atoms with E-state index in [4.69, 9.17) is 0 Å². The van der Waals surface area contributed by atoms with Crippen LogP contribution in [0.5, 0.6) is 0 Å².